The van der Waals surface area contributed by atoms with E-state index in [0.29, 0.717) is 6.04 Å². The minimum atomic E-state index is -0.581. The van der Waals surface area contributed by atoms with Gasteiger partial charge in [-0.3, -0.25) is 4.21 Å². The van der Waals surface area contributed by atoms with Crippen LogP contribution < -0.4 is 5.32 Å². The van der Waals surface area contributed by atoms with Crippen LogP contribution in [0.5, 0.6) is 0 Å². The lowest BCUT2D eigenvalue weighted by Crippen LogP contribution is -2.35. The highest BCUT2D eigenvalue weighted by Crippen LogP contribution is 2.14. The average Bonchev–Trinajstić information content (AvgIpc) is 2.59. The van der Waals surface area contributed by atoms with E-state index in [1.807, 2.05) is 13.8 Å². The Morgan fingerprint density at radius 2 is 2.12 bits per heavy atom. The fraction of sp³-hybridized carbons (Fsp3) is 0.727. The summed E-state index contributed by atoms with van der Waals surface area (Å²) in [6.45, 7) is 4.70. The van der Waals surface area contributed by atoms with Gasteiger partial charge in [-0.1, -0.05) is 5.16 Å². The molecule has 16 heavy (non-hydrogen) atoms. The van der Waals surface area contributed by atoms with Crippen molar-refractivity contribution in [3.8, 4) is 0 Å². The largest absolute Gasteiger partial charge is 0.361 e. The van der Waals surface area contributed by atoms with Crippen molar-refractivity contribution in [3.05, 3.63) is 17.0 Å². The summed E-state index contributed by atoms with van der Waals surface area (Å²) in [5.74, 6) is 2.56. The number of hydrogen-bond donors (Lipinski definition) is 1. The molecule has 2 heterocycles. The molecule has 1 aliphatic rings. The number of nitrogens with one attached hydrogen (secondary N) is 1. The van der Waals surface area contributed by atoms with E-state index in [2.05, 4.69) is 10.5 Å². The van der Waals surface area contributed by atoms with Crippen molar-refractivity contribution >= 4 is 10.8 Å². The topological polar surface area (TPSA) is 55.1 Å². The molecule has 4 nitrogen and oxygen atoms in total. The molecule has 0 aromatic carbocycles. The van der Waals surface area contributed by atoms with Crippen molar-refractivity contribution in [2.24, 2.45) is 0 Å². The summed E-state index contributed by atoms with van der Waals surface area (Å²) in [5.41, 5.74) is 2.12. The lowest BCUT2D eigenvalue weighted by atomic mass is 10.1. The maximum absolute atomic E-state index is 11.2. The van der Waals surface area contributed by atoms with Crippen molar-refractivity contribution in [2.45, 2.75) is 39.3 Å². The van der Waals surface area contributed by atoms with E-state index in [1.54, 1.807) is 0 Å². The zero-order chi connectivity index (χ0) is 11.5. The first-order chi connectivity index (χ1) is 7.66. The highest BCUT2D eigenvalue weighted by molar-refractivity contribution is 7.85. The SMILES string of the molecule is Cc1noc(C)c1CNC1CCS(=O)CC1. The Kier molecular flexibility index (Phi) is 3.76. The Hall–Kier alpha value is -0.680. The van der Waals surface area contributed by atoms with Gasteiger partial charge in [0, 0.05) is 40.5 Å². The molecule has 0 spiro atoms. The first-order valence-electron chi connectivity index (χ1n) is 5.67. The van der Waals surface area contributed by atoms with E-state index in [1.165, 1.54) is 0 Å². The van der Waals surface area contributed by atoms with Crippen LogP contribution in [0.2, 0.25) is 0 Å². The van der Waals surface area contributed by atoms with E-state index >= 15 is 0 Å². The van der Waals surface area contributed by atoms with Crippen LogP contribution in [0.15, 0.2) is 4.52 Å². The second-order valence-corrected chi connectivity index (χ2v) is 6.00. The number of aryl methyl sites for hydroxylation is 2. The normalized spacial score (nSPS) is 25.9. The summed E-state index contributed by atoms with van der Waals surface area (Å²) in [7, 11) is -0.581. The third-order valence-corrected chi connectivity index (χ3v) is 4.52. The lowest BCUT2D eigenvalue weighted by Gasteiger charge is -2.22. The van der Waals surface area contributed by atoms with Gasteiger partial charge < -0.3 is 9.84 Å². The van der Waals surface area contributed by atoms with E-state index in [4.69, 9.17) is 4.52 Å². The molecule has 0 aliphatic carbocycles. The third-order valence-electron chi connectivity index (χ3n) is 3.14. The molecule has 1 saturated heterocycles. The Morgan fingerprint density at radius 1 is 1.44 bits per heavy atom. The van der Waals surface area contributed by atoms with Gasteiger partial charge >= 0.3 is 0 Å². The molecule has 1 aliphatic heterocycles. The molecule has 0 saturated carbocycles. The second-order valence-electron chi connectivity index (χ2n) is 4.31. The zero-order valence-electron chi connectivity index (χ0n) is 9.78. The van der Waals surface area contributed by atoms with Gasteiger partial charge in [-0.15, -0.1) is 0 Å². The quantitative estimate of drug-likeness (QED) is 0.868. The Balaban J connectivity index is 1.86. The molecule has 1 aromatic heterocycles. The molecule has 0 bridgehead atoms. The van der Waals surface area contributed by atoms with Crippen molar-refractivity contribution in [2.75, 3.05) is 11.5 Å². The van der Waals surface area contributed by atoms with Crippen LogP contribution in [0.4, 0.5) is 0 Å². The van der Waals surface area contributed by atoms with Crippen LogP contribution in [0.1, 0.15) is 29.9 Å². The summed E-state index contributed by atoms with van der Waals surface area (Å²) in [6.07, 6.45) is 2.02. The van der Waals surface area contributed by atoms with Gasteiger partial charge in [-0.05, 0) is 26.7 Å². The molecule has 0 atom stereocenters. The molecule has 1 N–H and O–H groups in total. The van der Waals surface area contributed by atoms with Gasteiger partial charge in [-0.25, -0.2) is 0 Å². The summed E-state index contributed by atoms with van der Waals surface area (Å²) in [5, 5.41) is 7.42. The van der Waals surface area contributed by atoms with Gasteiger partial charge in [0.15, 0.2) is 0 Å². The van der Waals surface area contributed by atoms with Crippen molar-refractivity contribution < 1.29 is 8.73 Å². The minimum Gasteiger partial charge on any atom is -0.361 e. The van der Waals surface area contributed by atoms with Crippen molar-refractivity contribution in [1.29, 1.82) is 0 Å². The highest BCUT2D eigenvalue weighted by Gasteiger charge is 2.18. The monoisotopic (exact) mass is 242 g/mol. The fourth-order valence-electron chi connectivity index (χ4n) is 2.00. The predicted octanol–water partition coefficient (Wildman–Crippen LogP) is 1.29. The van der Waals surface area contributed by atoms with Crippen LogP contribution in [0.3, 0.4) is 0 Å². The molecule has 0 amide bonds. The number of rotatable bonds is 3. The standard InChI is InChI=1S/C11H18N2O2S/c1-8-11(9(2)15-13-8)7-12-10-3-5-16(14)6-4-10/h10,12H,3-7H2,1-2H3. The molecule has 2 rings (SSSR count). The fourth-order valence-corrected chi connectivity index (χ4v) is 3.30. The summed E-state index contributed by atoms with van der Waals surface area (Å²) in [4.78, 5) is 0. The maximum Gasteiger partial charge on any atom is 0.138 e. The Bertz CT molecular complexity index is 360. The molecule has 1 fully saturated rings. The van der Waals surface area contributed by atoms with E-state index in [-0.39, 0.29) is 0 Å². The predicted molar refractivity (Wildman–Crippen MR) is 63.7 cm³/mol. The molecular weight excluding hydrogens is 224 g/mol. The van der Waals surface area contributed by atoms with Crippen LogP contribution in [0.25, 0.3) is 0 Å². The number of hydrogen-bond acceptors (Lipinski definition) is 4. The first kappa shape index (κ1) is 11.8. The third kappa shape index (κ3) is 2.71. The Labute approximate surface area is 98.2 Å². The van der Waals surface area contributed by atoms with Gasteiger partial charge in [-0.2, -0.15) is 0 Å². The molecule has 0 unspecified atom stereocenters. The molecule has 5 heteroatoms. The van der Waals surface area contributed by atoms with Crippen molar-refractivity contribution in [3.63, 3.8) is 0 Å². The van der Waals surface area contributed by atoms with Crippen LogP contribution >= 0.6 is 0 Å². The maximum atomic E-state index is 11.2. The van der Waals surface area contributed by atoms with Crippen LogP contribution in [-0.4, -0.2) is 26.9 Å². The van der Waals surface area contributed by atoms with Gasteiger partial charge in [0.25, 0.3) is 0 Å². The van der Waals surface area contributed by atoms with Crippen LogP contribution in [0, 0.1) is 13.8 Å². The summed E-state index contributed by atoms with van der Waals surface area (Å²) >= 11 is 0. The zero-order valence-corrected chi connectivity index (χ0v) is 10.6. The first-order valence-corrected chi connectivity index (χ1v) is 7.15. The van der Waals surface area contributed by atoms with Gasteiger partial charge in [0.1, 0.15) is 5.76 Å². The van der Waals surface area contributed by atoms with Crippen molar-refractivity contribution in [1.82, 2.24) is 10.5 Å². The Morgan fingerprint density at radius 3 is 2.69 bits per heavy atom. The van der Waals surface area contributed by atoms with E-state index in [9.17, 15) is 4.21 Å². The van der Waals surface area contributed by atoms with Crippen LogP contribution in [-0.2, 0) is 17.3 Å². The average molecular weight is 242 g/mol. The second kappa shape index (κ2) is 5.10. The smallest absolute Gasteiger partial charge is 0.138 e. The molecular formula is C11H18N2O2S. The minimum absolute atomic E-state index is 0.492. The molecule has 0 radical (unpaired) electrons. The van der Waals surface area contributed by atoms with Gasteiger partial charge in [0.2, 0.25) is 0 Å². The molecule has 90 valence electrons. The summed E-state index contributed by atoms with van der Waals surface area (Å²) < 4.78 is 16.3. The lowest BCUT2D eigenvalue weighted by molar-refractivity contribution is 0.391. The van der Waals surface area contributed by atoms with E-state index < -0.39 is 10.8 Å². The van der Waals surface area contributed by atoms with E-state index in [0.717, 1.165) is 47.9 Å². The number of nitrogens with zero attached hydrogens (tertiary/aromatic N) is 1. The van der Waals surface area contributed by atoms with Gasteiger partial charge in [0.05, 0.1) is 5.69 Å². The number of aromatic nitrogens is 1. The summed E-state index contributed by atoms with van der Waals surface area (Å²) in [6, 6.07) is 0.492. The highest BCUT2D eigenvalue weighted by atomic mass is 32.2. The molecule has 1 aromatic rings.